The molecule has 0 unspecified atom stereocenters. The van der Waals surface area contributed by atoms with Crippen molar-refractivity contribution in [2.75, 3.05) is 0 Å². The first-order valence-electron chi connectivity index (χ1n) is 18.0. The Hall–Kier alpha value is -1.39. The van der Waals surface area contributed by atoms with Crippen LogP contribution in [-0.4, -0.2) is 13.0 Å². The van der Waals surface area contributed by atoms with Gasteiger partial charge in [0.1, 0.15) is 0 Å². The van der Waals surface area contributed by atoms with E-state index in [-0.39, 0.29) is 4.90 Å². The molecule has 0 amide bonds. The zero-order valence-electron chi connectivity index (χ0n) is 27.4. The second-order valence-electron chi connectivity index (χ2n) is 12.9. The van der Waals surface area contributed by atoms with Gasteiger partial charge in [-0.15, -0.1) is 0 Å². The minimum absolute atomic E-state index is 0.000321. The fourth-order valence-corrected chi connectivity index (χ4v) is 6.83. The SMILES string of the molecule is CCCCCCCCCCCCCCc1cc(CCCCCCCCCCCCCC)c2cc(S(=O)(=O)O)ccc2c1. The molecule has 0 saturated heterocycles. The minimum Gasteiger partial charge on any atom is -0.282 e. The predicted molar refractivity (Wildman–Crippen MR) is 183 cm³/mol. The monoisotopic (exact) mass is 600 g/mol. The van der Waals surface area contributed by atoms with Gasteiger partial charge in [0.15, 0.2) is 0 Å². The third kappa shape index (κ3) is 16.5. The molecule has 0 aliphatic carbocycles. The van der Waals surface area contributed by atoms with Gasteiger partial charge in [-0.25, -0.2) is 0 Å². The van der Waals surface area contributed by atoms with Crippen molar-refractivity contribution in [1.29, 1.82) is 0 Å². The number of benzene rings is 2. The molecule has 0 bridgehead atoms. The summed E-state index contributed by atoms with van der Waals surface area (Å²) < 4.78 is 33.3. The van der Waals surface area contributed by atoms with Crippen LogP contribution in [0.15, 0.2) is 35.2 Å². The molecule has 0 saturated carbocycles. The average Bonchev–Trinajstić information content (AvgIpc) is 2.97. The Morgan fingerprint density at radius 2 is 0.905 bits per heavy atom. The van der Waals surface area contributed by atoms with Gasteiger partial charge in [-0.2, -0.15) is 8.42 Å². The number of fused-ring (bicyclic) bond motifs is 1. The second kappa shape index (κ2) is 23.1. The molecule has 0 aliphatic rings. The van der Waals surface area contributed by atoms with Gasteiger partial charge in [0, 0.05) is 0 Å². The van der Waals surface area contributed by atoms with E-state index in [9.17, 15) is 13.0 Å². The maximum atomic E-state index is 11.8. The van der Waals surface area contributed by atoms with Crippen LogP contribution in [0.1, 0.15) is 179 Å². The molecule has 2 aromatic carbocycles. The van der Waals surface area contributed by atoms with E-state index >= 15 is 0 Å². The highest BCUT2D eigenvalue weighted by molar-refractivity contribution is 7.85. The van der Waals surface area contributed by atoms with Crippen LogP contribution in [0.4, 0.5) is 0 Å². The topological polar surface area (TPSA) is 54.4 Å². The normalized spacial score (nSPS) is 12.0. The first-order valence-corrected chi connectivity index (χ1v) is 19.4. The van der Waals surface area contributed by atoms with Crippen LogP contribution in [0, 0.1) is 0 Å². The fourth-order valence-electron chi connectivity index (χ4n) is 6.32. The van der Waals surface area contributed by atoms with E-state index in [1.54, 1.807) is 12.1 Å². The van der Waals surface area contributed by atoms with Crippen molar-refractivity contribution in [2.45, 2.75) is 186 Å². The first-order chi connectivity index (χ1) is 20.5. The number of aryl methyl sites for hydroxylation is 2. The third-order valence-electron chi connectivity index (χ3n) is 8.99. The Balaban J connectivity index is 1.76. The number of rotatable bonds is 27. The van der Waals surface area contributed by atoms with Crippen LogP contribution in [0.2, 0.25) is 0 Å². The summed E-state index contributed by atoms with van der Waals surface area (Å²) in [5.41, 5.74) is 2.60. The number of hydrogen-bond donors (Lipinski definition) is 1. The lowest BCUT2D eigenvalue weighted by atomic mass is 9.94. The molecule has 0 heterocycles. The van der Waals surface area contributed by atoms with Gasteiger partial charge in [0.05, 0.1) is 4.90 Å². The largest absolute Gasteiger partial charge is 0.294 e. The first kappa shape index (κ1) is 36.8. The van der Waals surface area contributed by atoms with Gasteiger partial charge >= 0.3 is 0 Å². The Bertz CT molecular complexity index is 1060. The highest BCUT2D eigenvalue weighted by Gasteiger charge is 2.13. The molecule has 4 heteroatoms. The summed E-state index contributed by atoms with van der Waals surface area (Å²) in [6.07, 6.45) is 34.3. The van der Waals surface area contributed by atoms with Crippen molar-refractivity contribution in [2.24, 2.45) is 0 Å². The van der Waals surface area contributed by atoms with Crippen LogP contribution in [0.3, 0.4) is 0 Å². The molecule has 0 aromatic heterocycles. The summed E-state index contributed by atoms with van der Waals surface area (Å²) in [4.78, 5) is -0.000321. The zero-order chi connectivity index (χ0) is 30.3. The van der Waals surface area contributed by atoms with Crippen LogP contribution < -0.4 is 0 Å². The van der Waals surface area contributed by atoms with Crippen LogP contribution in [0.25, 0.3) is 10.8 Å². The van der Waals surface area contributed by atoms with E-state index in [0.29, 0.717) is 0 Å². The second-order valence-corrected chi connectivity index (χ2v) is 14.3. The van der Waals surface area contributed by atoms with Crippen molar-refractivity contribution in [1.82, 2.24) is 0 Å². The molecule has 240 valence electrons. The maximum Gasteiger partial charge on any atom is 0.294 e. The summed E-state index contributed by atoms with van der Waals surface area (Å²) in [6, 6.07) is 9.63. The molecule has 0 spiro atoms. The van der Waals surface area contributed by atoms with Gasteiger partial charge in [-0.05, 0) is 59.7 Å². The van der Waals surface area contributed by atoms with Gasteiger partial charge in [0.2, 0.25) is 0 Å². The van der Waals surface area contributed by atoms with E-state index in [4.69, 9.17) is 0 Å². The predicted octanol–water partition coefficient (Wildman–Crippen LogP) is 12.6. The lowest BCUT2D eigenvalue weighted by Crippen LogP contribution is -1.99. The molecular formula is C38H64O3S. The summed E-state index contributed by atoms with van der Waals surface area (Å²) >= 11 is 0. The van der Waals surface area contributed by atoms with Gasteiger partial charge in [-0.1, -0.05) is 173 Å². The Labute approximate surface area is 260 Å². The van der Waals surface area contributed by atoms with Crippen LogP contribution in [0.5, 0.6) is 0 Å². The Morgan fingerprint density at radius 3 is 1.33 bits per heavy atom. The molecule has 0 fully saturated rings. The molecule has 0 aliphatic heterocycles. The van der Waals surface area contributed by atoms with Crippen LogP contribution >= 0.6 is 0 Å². The zero-order valence-corrected chi connectivity index (χ0v) is 28.3. The lowest BCUT2D eigenvalue weighted by molar-refractivity contribution is 0.483. The van der Waals surface area contributed by atoms with Crippen molar-refractivity contribution in [3.8, 4) is 0 Å². The third-order valence-corrected chi connectivity index (χ3v) is 9.84. The van der Waals surface area contributed by atoms with Crippen LogP contribution in [-0.2, 0) is 23.0 Å². The molecule has 0 radical (unpaired) electrons. The van der Waals surface area contributed by atoms with Gasteiger partial charge in [-0.3, -0.25) is 4.55 Å². The molecule has 42 heavy (non-hydrogen) atoms. The Morgan fingerprint density at radius 1 is 0.500 bits per heavy atom. The number of unbranched alkanes of at least 4 members (excludes halogenated alkanes) is 22. The standard InChI is InChI=1S/C38H64O3S/c1-3-5-7-9-11-13-15-17-19-21-23-25-27-34-31-35(38-33-37(42(39,40)41)30-29-36(38)32-34)28-26-24-22-20-18-16-14-12-10-8-6-4-2/h29-33H,3-28H2,1-2H3,(H,39,40,41). The molecule has 3 nitrogen and oxygen atoms in total. The van der Waals surface area contributed by atoms with Crippen molar-refractivity contribution in [3.05, 3.63) is 41.5 Å². The highest BCUT2D eigenvalue weighted by Crippen LogP contribution is 2.27. The fraction of sp³-hybridized carbons (Fsp3) is 0.737. The highest BCUT2D eigenvalue weighted by atomic mass is 32.2. The van der Waals surface area contributed by atoms with Gasteiger partial charge in [0.25, 0.3) is 10.1 Å². The van der Waals surface area contributed by atoms with E-state index in [2.05, 4.69) is 26.0 Å². The summed E-state index contributed by atoms with van der Waals surface area (Å²) in [5, 5.41) is 2.07. The smallest absolute Gasteiger partial charge is 0.282 e. The lowest BCUT2D eigenvalue weighted by Gasteiger charge is -2.12. The summed E-state index contributed by atoms with van der Waals surface area (Å²) in [6.45, 7) is 4.55. The molecule has 2 rings (SSSR count). The van der Waals surface area contributed by atoms with Crippen molar-refractivity contribution < 1.29 is 13.0 Å². The minimum atomic E-state index is -4.20. The molecular weight excluding hydrogens is 536 g/mol. The van der Waals surface area contributed by atoms with Gasteiger partial charge < -0.3 is 0 Å². The molecule has 1 N–H and O–H groups in total. The van der Waals surface area contributed by atoms with Crippen molar-refractivity contribution >= 4 is 20.9 Å². The van der Waals surface area contributed by atoms with E-state index < -0.39 is 10.1 Å². The molecule has 0 atom stereocenters. The van der Waals surface area contributed by atoms with E-state index in [1.807, 2.05) is 6.07 Å². The summed E-state index contributed by atoms with van der Waals surface area (Å²) in [5.74, 6) is 0. The average molecular weight is 601 g/mol. The van der Waals surface area contributed by atoms with E-state index in [0.717, 1.165) is 30.0 Å². The number of hydrogen-bond acceptors (Lipinski definition) is 2. The maximum absolute atomic E-state index is 11.8. The quantitative estimate of drug-likeness (QED) is 0.0819. The summed E-state index contributed by atoms with van der Waals surface area (Å²) in [7, 11) is -4.20. The Kier molecular flexibility index (Phi) is 20.2. The van der Waals surface area contributed by atoms with Crippen molar-refractivity contribution in [3.63, 3.8) is 0 Å². The molecule has 2 aromatic rings. The van der Waals surface area contributed by atoms with E-state index in [1.165, 1.54) is 159 Å².